The number of methoxy groups -OCH3 is 1. The number of ether oxygens (including phenoxy) is 2. The molecule has 1 aromatic heterocycles. The van der Waals surface area contributed by atoms with Crippen LogP contribution in [0.15, 0.2) is 36.5 Å². The highest BCUT2D eigenvalue weighted by Gasteiger charge is 2.24. The van der Waals surface area contributed by atoms with Gasteiger partial charge in [-0.25, -0.2) is 14.6 Å². The summed E-state index contributed by atoms with van der Waals surface area (Å²) in [5.74, 6) is -0.243. The van der Waals surface area contributed by atoms with Crippen LogP contribution in [0.25, 0.3) is 11.3 Å². The van der Waals surface area contributed by atoms with Crippen molar-refractivity contribution in [1.29, 1.82) is 0 Å². The van der Waals surface area contributed by atoms with Crippen LogP contribution in [0, 0.1) is 5.92 Å². The van der Waals surface area contributed by atoms with Gasteiger partial charge in [0.05, 0.1) is 30.5 Å². The van der Waals surface area contributed by atoms with E-state index in [-0.39, 0.29) is 12.6 Å². The number of fused-ring (bicyclic) bond motifs is 4. The molecule has 2 bridgehead atoms. The molecule has 0 spiro atoms. The topological polar surface area (TPSA) is 144 Å². The van der Waals surface area contributed by atoms with Gasteiger partial charge in [-0.2, -0.15) is 0 Å². The molecule has 3 rings (SSSR count). The Bertz CT molecular complexity index is 1170. The number of carbonyl (C=O) groups excluding carboxylic acids is 2. The van der Waals surface area contributed by atoms with E-state index in [4.69, 9.17) is 9.72 Å². The van der Waals surface area contributed by atoms with E-state index in [1.807, 2.05) is 0 Å². The van der Waals surface area contributed by atoms with E-state index >= 15 is 0 Å². The summed E-state index contributed by atoms with van der Waals surface area (Å²) in [6, 6.07) is 5.37. The molecule has 2 atom stereocenters. The van der Waals surface area contributed by atoms with Gasteiger partial charge in [-0.1, -0.05) is 38.7 Å². The Morgan fingerprint density at radius 1 is 1.30 bits per heavy atom. The van der Waals surface area contributed by atoms with E-state index in [0.29, 0.717) is 41.5 Å². The standard InChI is InChI=1S/C25H35N5O6Si/c1-16-7-6-8-19(29-24(32)33)22-27-21(14-30(22)15-36-11-12-37(3,4)5)18-10-9-17(26-25(34)35-2)13-20(18)28-23(16)31/h6-7,9-10,13-14,16,19,29H,8,11-12,15H2,1-5H3,(H,26,34)(H,28,31)(H,32,33)/b7-6+/t16-,19+/m1/s1. The highest BCUT2D eigenvalue weighted by atomic mass is 28.3. The summed E-state index contributed by atoms with van der Waals surface area (Å²) in [5.41, 5.74) is 2.01. The molecule has 1 aliphatic rings. The number of carbonyl (C=O) groups is 3. The number of carboxylic acid groups (broad SMARTS) is 1. The van der Waals surface area contributed by atoms with Gasteiger partial charge >= 0.3 is 12.2 Å². The van der Waals surface area contributed by atoms with Crippen molar-refractivity contribution in [3.05, 3.63) is 42.4 Å². The van der Waals surface area contributed by atoms with Crippen molar-refractivity contribution >= 4 is 37.5 Å². The zero-order chi connectivity index (χ0) is 27.2. The molecular formula is C25H35N5O6Si. The van der Waals surface area contributed by atoms with Gasteiger partial charge in [0, 0.05) is 32.1 Å². The lowest BCUT2D eigenvalue weighted by molar-refractivity contribution is -0.118. The second kappa shape index (κ2) is 12.1. The van der Waals surface area contributed by atoms with Crippen LogP contribution in [-0.2, 0) is 21.0 Å². The fourth-order valence-corrected chi connectivity index (χ4v) is 4.49. The first kappa shape index (κ1) is 27.9. The Morgan fingerprint density at radius 3 is 2.73 bits per heavy atom. The molecule has 1 aromatic carbocycles. The fraction of sp³-hybridized carbons (Fsp3) is 0.440. The predicted octanol–water partition coefficient (Wildman–Crippen LogP) is 4.88. The first-order valence-electron chi connectivity index (χ1n) is 12.1. The fourth-order valence-electron chi connectivity index (χ4n) is 3.73. The van der Waals surface area contributed by atoms with Crippen LogP contribution in [-0.4, -0.2) is 54.5 Å². The molecule has 3 amide bonds. The van der Waals surface area contributed by atoms with E-state index < -0.39 is 32.2 Å². The molecule has 0 radical (unpaired) electrons. The summed E-state index contributed by atoms with van der Waals surface area (Å²) < 4.78 is 12.4. The monoisotopic (exact) mass is 529 g/mol. The molecular weight excluding hydrogens is 494 g/mol. The second-order valence-corrected chi connectivity index (χ2v) is 15.7. The number of nitrogens with zero attached hydrogens (tertiary/aromatic N) is 2. The van der Waals surface area contributed by atoms with E-state index in [1.54, 1.807) is 48.0 Å². The van der Waals surface area contributed by atoms with Crippen molar-refractivity contribution in [2.75, 3.05) is 24.4 Å². The quantitative estimate of drug-likeness (QED) is 0.227. The highest BCUT2D eigenvalue weighted by Crippen LogP contribution is 2.33. The maximum Gasteiger partial charge on any atom is 0.411 e. The minimum atomic E-state index is -1.28. The van der Waals surface area contributed by atoms with E-state index in [2.05, 4.69) is 40.3 Å². The van der Waals surface area contributed by atoms with Gasteiger partial charge in [-0.15, -0.1) is 0 Å². The van der Waals surface area contributed by atoms with Crippen molar-refractivity contribution in [3.63, 3.8) is 0 Å². The lowest BCUT2D eigenvalue weighted by Gasteiger charge is -2.19. The molecule has 1 aliphatic heterocycles. The SMILES string of the molecule is COC(=O)Nc1ccc2c(c1)NC(=O)[C@H](C)/C=C/C[C@H](NC(=O)O)c1nc-2cn1COCC[Si](C)(C)C. The molecule has 2 heterocycles. The largest absolute Gasteiger partial charge is 0.465 e. The summed E-state index contributed by atoms with van der Waals surface area (Å²) in [6.45, 7) is 9.35. The Labute approximate surface area is 217 Å². The number of anilines is 2. The third-order valence-electron chi connectivity index (χ3n) is 5.84. The number of hydrogen-bond acceptors (Lipinski definition) is 6. The van der Waals surface area contributed by atoms with Crippen LogP contribution in [0.3, 0.4) is 0 Å². The number of hydrogen-bond donors (Lipinski definition) is 4. The van der Waals surface area contributed by atoms with Gasteiger partial charge < -0.3 is 29.8 Å². The smallest absolute Gasteiger partial charge is 0.411 e. The van der Waals surface area contributed by atoms with Crippen molar-refractivity contribution in [1.82, 2.24) is 14.9 Å². The summed E-state index contributed by atoms with van der Waals surface area (Å²) in [5, 5.41) is 17.5. The van der Waals surface area contributed by atoms with Gasteiger partial charge in [0.2, 0.25) is 5.91 Å². The van der Waals surface area contributed by atoms with Crippen LogP contribution in [0.2, 0.25) is 25.7 Å². The van der Waals surface area contributed by atoms with Gasteiger partial charge in [0.15, 0.2) is 0 Å². The lowest BCUT2D eigenvalue weighted by Crippen LogP contribution is -2.29. The minimum Gasteiger partial charge on any atom is -0.465 e. The molecule has 0 saturated carbocycles. The van der Waals surface area contributed by atoms with Crippen LogP contribution >= 0.6 is 0 Å². The van der Waals surface area contributed by atoms with Crippen molar-refractivity contribution < 1.29 is 29.0 Å². The molecule has 0 unspecified atom stereocenters. The maximum atomic E-state index is 12.9. The normalized spacial score (nSPS) is 18.5. The maximum absolute atomic E-state index is 12.9. The highest BCUT2D eigenvalue weighted by molar-refractivity contribution is 6.76. The van der Waals surface area contributed by atoms with Crippen molar-refractivity contribution in [3.8, 4) is 11.3 Å². The third kappa shape index (κ3) is 7.92. The van der Waals surface area contributed by atoms with E-state index in [1.165, 1.54) is 7.11 Å². The molecule has 0 aliphatic carbocycles. The number of nitrogens with one attached hydrogen (secondary N) is 3. The second-order valence-electron chi connectivity index (χ2n) is 10.1. The first-order chi connectivity index (χ1) is 17.5. The molecule has 200 valence electrons. The predicted molar refractivity (Wildman–Crippen MR) is 143 cm³/mol. The van der Waals surface area contributed by atoms with Gasteiger partial charge in [-0.05, 0) is 30.7 Å². The van der Waals surface area contributed by atoms with E-state index in [9.17, 15) is 19.5 Å². The Balaban J connectivity index is 2.07. The molecule has 11 nitrogen and oxygen atoms in total. The average molecular weight is 530 g/mol. The molecule has 0 fully saturated rings. The number of imidazole rings is 1. The molecule has 12 heteroatoms. The van der Waals surface area contributed by atoms with Crippen LogP contribution in [0.1, 0.15) is 25.2 Å². The zero-order valence-electron chi connectivity index (χ0n) is 21.8. The Kier molecular flexibility index (Phi) is 9.11. The Hall–Kier alpha value is -3.64. The minimum absolute atomic E-state index is 0.203. The van der Waals surface area contributed by atoms with Gasteiger partial charge in [0.1, 0.15) is 12.6 Å². The first-order valence-corrected chi connectivity index (χ1v) is 15.8. The molecule has 37 heavy (non-hydrogen) atoms. The summed E-state index contributed by atoms with van der Waals surface area (Å²) in [7, 11) is -0.0201. The third-order valence-corrected chi connectivity index (χ3v) is 7.54. The number of rotatable bonds is 7. The number of amides is 3. The molecule has 4 N–H and O–H groups in total. The number of aromatic nitrogens is 2. The number of benzene rings is 1. The van der Waals surface area contributed by atoms with Crippen LogP contribution < -0.4 is 16.0 Å². The van der Waals surface area contributed by atoms with Crippen molar-refractivity contribution in [2.45, 2.75) is 51.8 Å². The van der Waals surface area contributed by atoms with E-state index in [0.717, 1.165) is 6.04 Å². The summed E-state index contributed by atoms with van der Waals surface area (Å²) >= 11 is 0. The van der Waals surface area contributed by atoms with Gasteiger partial charge in [-0.3, -0.25) is 10.1 Å². The van der Waals surface area contributed by atoms with Crippen LogP contribution in [0.5, 0.6) is 0 Å². The Morgan fingerprint density at radius 2 is 2.05 bits per heavy atom. The van der Waals surface area contributed by atoms with Crippen LogP contribution in [0.4, 0.5) is 21.0 Å². The zero-order valence-corrected chi connectivity index (χ0v) is 22.8. The summed E-state index contributed by atoms with van der Waals surface area (Å²) in [6.07, 6.45) is 3.77. The van der Waals surface area contributed by atoms with Crippen molar-refractivity contribution in [2.24, 2.45) is 5.92 Å². The molecule has 0 saturated heterocycles. The van der Waals surface area contributed by atoms with Gasteiger partial charge in [0.25, 0.3) is 0 Å². The summed E-state index contributed by atoms with van der Waals surface area (Å²) in [4.78, 5) is 41.0. The lowest BCUT2D eigenvalue weighted by atomic mass is 10.1. The molecule has 2 aromatic rings. The average Bonchev–Trinajstić information content (AvgIpc) is 3.23.